The summed E-state index contributed by atoms with van der Waals surface area (Å²) < 4.78 is 32.7. The Morgan fingerprint density at radius 3 is 1.47 bits per heavy atom. The predicted molar refractivity (Wildman–Crippen MR) is 239 cm³/mol. The molecule has 12 heteroatoms. The molecule has 0 aromatic heterocycles. The standard InChI is InChI=1S/C47H85O11P/c1-42(2)34-30-26-22-18-14-10-6-4-8-12-16-20-24-28-32-36-46(51)55-40-45(41-57-59(53,54)56-39-44(50)38-48)58-47(52)37-33-29-25-21-17-13-9-5-7-11-15-19-23-27-31-35-43(3)49/h7,9,11,13,19,21,23,25,42-45,48-50H,4-6,8,10,12,14-18,20,22,24,26-41H2,1-3H3,(H,53,54)/b11-7-,13-9-,23-19-,25-21-/t43-,44-,45+/m0/s1. The third-order valence-corrected chi connectivity index (χ3v) is 10.6. The number of phosphoric acid groups is 1. The monoisotopic (exact) mass is 857 g/mol. The molecule has 11 nitrogen and oxygen atoms in total. The Balaban J connectivity index is 4.33. The van der Waals surface area contributed by atoms with Gasteiger partial charge < -0.3 is 29.7 Å². The molecule has 0 aliphatic carbocycles. The minimum absolute atomic E-state index is 0.0964. The van der Waals surface area contributed by atoms with E-state index in [4.69, 9.17) is 19.1 Å². The number of aliphatic hydroxyl groups is 3. The first-order valence-electron chi connectivity index (χ1n) is 23.0. The second kappa shape index (κ2) is 41.3. The normalized spacial score (nSPS) is 14.8. The molecule has 4 N–H and O–H groups in total. The van der Waals surface area contributed by atoms with Crippen molar-refractivity contribution in [2.75, 3.05) is 26.4 Å². The Morgan fingerprint density at radius 1 is 0.542 bits per heavy atom. The lowest BCUT2D eigenvalue weighted by atomic mass is 10.0. The number of carbonyl (C=O) groups is 2. The van der Waals surface area contributed by atoms with Gasteiger partial charge in [0.15, 0.2) is 6.10 Å². The van der Waals surface area contributed by atoms with Crippen molar-refractivity contribution in [3.05, 3.63) is 48.6 Å². The molecule has 59 heavy (non-hydrogen) atoms. The highest BCUT2D eigenvalue weighted by atomic mass is 31.2. The van der Waals surface area contributed by atoms with Crippen molar-refractivity contribution in [1.82, 2.24) is 0 Å². The van der Waals surface area contributed by atoms with Crippen molar-refractivity contribution in [2.24, 2.45) is 5.92 Å². The first-order chi connectivity index (χ1) is 28.4. The van der Waals surface area contributed by atoms with Crippen molar-refractivity contribution in [3.63, 3.8) is 0 Å². The average Bonchev–Trinajstić information content (AvgIpc) is 3.20. The lowest BCUT2D eigenvalue weighted by Crippen LogP contribution is -2.29. The molecule has 0 heterocycles. The van der Waals surface area contributed by atoms with Crippen LogP contribution in [0.15, 0.2) is 48.6 Å². The zero-order valence-electron chi connectivity index (χ0n) is 37.2. The SMILES string of the molecule is CC(C)CCCCCCCCCCCCCCCCCC(=O)OC[C@H](COP(=O)(O)OC[C@@H](O)CO)OC(=O)CCC/C=C\C/C=C\C/C=C\C/C=C\CCC[C@H](C)O. The highest BCUT2D eigenvalue weighted by molar-refractivity contribution is 7.47. The lowest BCUT2D eigenvalue weighted by molar-refractivity contribution is -0.161. The molecular weight excluding hydrogens is 771 g/mol. The number of aliphatic hydroxyl groups excluding tert-OH is 3. The smallest absolute Gasteiger partial charge is 0.462 e. The third kappa shape index (κ3) is 43.8. The van der Waals surface area contributed by atoms with Crippen LogP contribution in [-0.2, 0) is 32.7 Å². The number of ether oxygens (including phenoxy) is 2. The summed E-state index contributed by atoms with van der Waals surface area (Å²) in [4.78, 5) is 35.0. The van der Waals surface area contributed by atoms with Crippen LogP contribution in [0, 0.1) is 5.92 Å². The summed E-state index contributed by atoms with van der Waals surface area (Å²) in [5, 5.41) is 27.6. The van der Waals surface area contributed by atoms with E-state index < -0.39 is 51.8 Å². The van der Waals surface area contributed by atoms with Gasteiger partial charge in [-0.25, -0.2) is 4.57 Å². The summed E-state index contributed by atoms with van der Waals surface area (Å²) in [6.45, 7) is 4.21. The van der Waals surface area contributed by atoms with Crippen LogP contribution < -0.4 is 0 Å². The average molecular weight is 857 g/mol. The number of hydrogen-bond acceptors (Lipinski definition) is 10. The zero-order valence-corrected chi connectivity index (χ0v) is 38.1. The largest absolute Gasteiger partial charge is 0.472 e. The summed E-state index contributed by atoms with van der Waals surface area (Å²) in [6.07, 6.45) is 40.8. The first-order valence-corrected chi connectivity index (χ1v) is 24.5. The number of unbranched alkanes of at least 4 members (excludes halogenated alkanes) is 16. The van der Waals surface area contributed by atoms with Crippen molar-refractivity contribution in [2.45, 2.75) is 206 Å². The fourth-order valence-electron chi connectivity index (χ4n) is 6.13. The molecule has 0 fully saturated rings. The Bertz CT molecular complexity index is 1150. The molecule has 1 unspecified atom stereocenters. The molecule has 0 bridgehead atoms. The van der Waals surface area contributed by atoms with Crippen LogP contribution in [0.1, 0.15) is 188 Å². The lowest BCUT2D eigenvalue weighted by Gasteiger charge is -2.20. The van der Waals surface area contributed by atoms with E-state index in [9.17, 15) is 29.3 Å². The summed E-state index contributed by atoms with van der Waals surface area (Å²) >= 11 is 0. The fourth-order valence-corrected chi connectivity index (χ4v) is 6.92. The molecule has 0 saturated carbocycles. The molecule has 0 aliphatic heterocycles. The van der Waals surface area contributed by atoms with Gasteiger partial charge in [0.1, 0.15) is 12.7 Å². The van der Waals surface area contributed by atoms with E-state index in [0.29, 0.717) is 19.3 Å². The van der Waals surface area contributed by atoms with Gasteiger partial charge in [-0.15, -0.1) is 0 Å². The predicted octanol–water partition coefficient (Wildman–Crippen LogP) is 11.3. The van der Waals surface area contributed by atoms with E-state index in [1.54, 1.807) is 0 Å². The third-order valence-electron chi connectivity index (χ3n) is 9.68. The maximum absolute atomic E-state index is 12.6. The van der Waals surface area contributed by atoms with E-state index >= 15 is 0 Å². The molecule has 0 aromatic carbocycles. The fraction of sp³-hybridized carbons (Fsp3) is 0.787. The van der Waals surface area contributed by atoms with Gasteiger partial charge in [-0.3, -0.25) is 18.6 Å². The molecule has 0 saturated heterocycles. The Kier molecular flexibility index (Phi) is 39.8. The molecule has 0 spiro atoms. The van der Waals surface area contributed by atoms with Gasteiger partial charge in [0.2, 0.25) is 0 Å². The summed E-state index contributed by atoms with van der Waals surface area (Å²) in [6, 6.07) is 0. The van der Waals surface area contributed by atoms with Gasteiger partial charge in [-0.05, 0) is 70.6 Å². The maximum Gasteiger partial charge on any atom is 0.472 e. The number of hydrogen-bond donors (Lipinski definition) is 4. The van der Waals surface area contributed by atoms with Crippen LogP contribution >= 0.6 is 7.82 Å². The minimum Gasteiger partial charge on any atom is -0.462 e. The van der Waals surface area contributed by atoms with Gasteiger partial charge in [-0.2, -0.15) is 0 Å². The highest BCUT2D eigenvalue weighted by Gasteiger charge is 2.27. The molecule has 0 aliphatic rings. The molecule has 0 amide bonds. The number of rotatable bonds is 42. The number of phosphoric ester groups is 1. The van der Waals surface area contributed by atoms with Crippen LogP contribution in [0.4, 0.5) is 0 Å². The second-order valence-electron chi connectivity index (χ2n) is 16.2. The van der Waals surface area contributed by atoms with Gasteiger partial charge in [-0.1, -0.05) is 159 Å². The number of esters is 2. The molecule has 0 aromatic rings. The minimum atomic E-state index is -4.64. The van der Waals surface area contributed by atoms with Gasteiger partial charge in [0.25, 0.3) is 0 Å². The Hall–Kier alpha value is -2.11. The van der Waals surface area contributed by atoms with Crippen molar-refractivity contribution >= 4 is 19.8 Å². The van der Waals surface area contributed by atoms with E-state index in [1.165, 1.54) is 77.0 Å². The summed E-state index contributed by atoms with van der Waals surface area (Å²) in [5.41, 5.74) is 0. The van der Waals surface area contributed by atoms with E-state index in [1.807, 2.05) is 19.1 Å². The van der Waals surface area contributed by atoms with E-state index in [0.717, 1.165) is 63.7 Å². The van der Waals surface area contributed by atoms with Gasteiger partial charge in [0.05, 0.1) is 25.9 Å². The van der Waals surface area contributed by atoms with Crippen LogP contribution in [0.25, 0.3) is 0 Å². The summed E-state index contributed by atoms with van der Waals surface area (Å²) in [5.74, 6) is -0.179. The first kappa shape index (κ1) is 56.9. The maximum atomic E-state index is 12.6. The Morgan fingerprint density at radius 2 is 0.983 bits per heavy atom. The van der Waals surface area contributed by atoms with Crippen LogP contribution in [0.2, 0.25) is 0 Å². The van der Waals surface area contributed by atoms with Crippen LogP contribution in [0.3, 0.4) is 0 Å². The van der Waals surface area contributed by atoms with Crippen LogP contribution in [-0.4, -0.2) is 76.9 Å². The van der Waals surface area contributed by atoms with E-state index in [-0.39, 0.29) is 25.6 Å². The van der Waals surface area contributed by atoms with Gasteiger partial charge >= 0.3 is 19.8 Å². The highest BCUT2D eigenvalue weighted by Crippen LogP contribution is 2.43. The Labute approximate surface area is 358 Å². The number of allylic oxidation sites excluding steroid dienone is 8. The molecule has 344 valence electrons. The van der Waals surface area contributed by atoms with E-state index in [2.05, 4.69) is 54.8 Å². The van der Waals surface area contributed by atoms with Crippen molar-refractivity contribution < 1.29 is 52.9 Å². The van der Waals surface area contributed by atoms with Crippen molar-refractivity contribution in [1.29, 1.82) is 0 Å². The molecule has 0 radical (unpaired) electrons. The second-order valence-corrected chi connectivity index (χ2v) is 17.6. The van der Waals surface area contributed by atoms with Gasteiger partial charge in [0, 0.05) is 12.8 Å². The summed E-state index contributed by atoms with van der Waals surface area (Å²) in [7, 11) is -4.64. The molecular formula is C47H85O11P. The molecule has 4 atom stereocenters. The van der Waals surface area contributed by atoms with Crippen LogP contribution in [0.5, 0.6) is 0 Å². The molecule has 0 rings (SSSR count). The number of carbonyl (C=O) groups excluding carboxylic acids is 2. The topological polar surface area (TPSA) is 169 Å². The zero-order chi connectivity index (χ0) is 43.7. The van der Waals surface area contributed by atoms with Crippen molar-refractivity contribution in [3.8, 4) is 0 Å². The quantitative estimate of drug-likeness (QED) is 0.0199.